The predicted octanol–water partition coefficient (Wildman–Crippen LogP) is 4.43. The molecule has 3 aromatic rings. The van der Waals surface area contributed by atoms with Crippen molar-refractivity contribution < 1.29 is 14.3 Å². The van der Waals surface area contributed by atoms with Gasteiger partial charge in [-0.3, -0.25) is 9.59 Å². The van der Waals surface area contributed by atoms with E-state index in [-0.39, 0.29) is 18.3 Å². The normalized spacial score (nSPS) is 10.6. The van der Waals surface area contributed by atoms with Gasteiger partial charge in [-0.1, -0.05) is 60.1 Å². The molecule has 0 aliphatic heterocycles. The molecule has 0 saturated heterocycles. The zero-order chi connectivity index (χ0) is 19.2. The summed E-state index contributed by atoms with van der Waals surface area (Å²) in [6.45, 7) is 2.03. The zero-order valence-electron chi connectivity index (χ0n) is 15.0. The standard InChI is InChI=1S/C22H20ClNO3/c1-15(25)24-13-12-16-6-8-17(9-7-16)21(26)14-27-22-11-10-20(23)18-4-2-3-5-19(18)22/h2-11H,12-14H2,1H3,(H,24,25). The number of nitrogens with one attached hydrogen (secondary N) is 1. The highest BCUT2D eigenvalue weighted by atomic mass is 35.5. The van der Waals surface area contributed by atoms with E-state index in [1.165, 1.54) is 6.92 Å². The van der Waals surface area contributed by atoms with Crippen molar-refractivity contribution in [3.8, 4) is 5.75 Å². The van der Waals surface area contributed by atoms with Crippen LogP contribution in [0.3, 0.4) is 0 Å². The van der Waals surface area contributed by atoms with E-state index in [1.54, 1.807) is 24.3 Å². The van der Waals surface area contributed by atoms with Crippen molar-refractivity contribution in [2.45, 2.75) is 13.3 Å². The second-order valence-electron chi connectivity index (χ2n) is 6.23. The number of amides is 1. The van der Waals surface area contributed by atoms with Crippen molar-refractivity contribution in [1.82, 2.24) is 5.32 Å². The van der Waals surface area contributed by atoms with Gasteiger partial charge in [0.2, 0.25) is 5.91 Å². The molecule has 0 spiro atoms. The van der Waals surface area contributed by atoms with E-state index in [9.17, 15) is 9.59 Å². The van der Waals surface area contributed by atoms with Crippen LogP contribution < -0.4 is 10.1 Å². The molecule has 0 fully saturated rings. The molecule has 0 aliphatic rings. The van der Waals surface area contributed by atoms with Crippen LogP contribution in [0.15, 0.2) is 60.7 Å². The summed E-state index contributed by atoms with van der Waals surface area (Å²) < 4.78 is 5.76. The van der Waals surface area contributed by atoms with Crippen LogP contribution in [0.5, 0.6) is 5.75 Å². The van der Waals surface area contributed by atoms with Crippen LogP contribution in [-0.2, 0) is 11.2 Å². The number of fused-ring (bicyclic) bond motifs is 1. The average molecular weight is 382 g/mol. The molecule has 0 unspecified atom stereocenters. The van der Waals surface area contributed by atoms with E-state index in [0.717, 1.165) is 22.8 Å². The summed E-state index contributed by atoms with van der Waals surface area (Å²) in [4.78, 5) is 23.3. The minimum atomic E-state index is -0.0950. The Kier molecular flexibility index (Phi) is 6.09. The third-order valence-electron chi connectivity index (χ3n) is 4.25. The number of rotatable bonds is 7. The van der Waals surface area contributed by atoms with E-state index in [1.807, 2.05) is 36.4 Å². The van der Waals surface area contributed by atoms with Crippen molar-refractivity contribution in [2.75, 3.05) is 13.2 Å². The van der Waals surface area contributed by atoms with Gasteiger partial charge in [0, 0.05) is 34.8 Å². The molecule has 5 heteroatoms. The van der Waals surface area contributed by atoms with Crippen LogP contribution in [-0.4, -0.2) is 24.8 Å². The molecular formula is C22H20ClNO3. The largest absolute Gasteiger partial charge is 0.485 e. The smallest absolute Gasteiger partial charge is 0.216 e. The molecule has 27 heavy (non-hydrogen) atoms. The number of ketones is 1. The Hall–Kier alpha value is -2.85. The topological polar surface area (TPSA) is 55.4 Å². The van der Waals surface area contributed by atoms with Gasteiger partial charge in [-0.25, -0.2) is 0 Å². The molecule has 4 nitrogen and oxygen atoms in total. The second kappa shape index (κ2) is 8.69. The lowest BCUT2D eigenvalue weighted by atomic mass is 10.1. The van der Waals surface area contributed by atoms with Crippen LogP contribution in [0.2, 0.25) is 5.02 Å². The molecule has 0 atom stereocenters. The van der Waals surface area contributed by atoms with E-state index in [2.05, 4.69) is 5.32 Å². The van der Waals surface area contributed by atoms with E-state index >= 15 is 0 Å². The Morgan fingerprint density at radius 2 is 1.67 bits per heavy atom. The fourth-order valence-electron chi connectivity index (χ4n) is 2.83. The first-order chi connectivity index (χ1) is 13.0. The van der Waals surface area contributed by atoms with Gasteiger partial charge in [0.15, 0.2) is 12.4 Å². The Morgan fingerprint density at radius 1 is 0.963 bits per heavy atom. The van der Waals surface area contributed by atoms with Gasteiger partial charge in [-0.15, -0.1) is 0 Å². The van der Waals surface area contributed by atoms with Crippen LogP contribution in [0, 0.1) is 0 Å². The SMILES string of the molecule is CC(=O)NCCc1ccc(C(=O)COc2ccc(Cl)c3ccccc23)cc1. The van der Waals surface area contributed by atoms with Gasteiger partial charge in [0.25, 0.3) is 0 Å². The fourth-order valence-corrected chi connectivity index (χ4v) is 3.06. The number of halogens is 1. The predicted molar refractivity (Wildman–Crippen MR) is 108 cm³/mol. The van der Waals surface area contributed by atoms with Gasteiger partial charge < -0.3 is 10.1 Å². The highest BCUT2D eigenvalue weighted by molar-refractivity contribution is 6.35. The molecule has 0 saturated carbocycles. The number of benzene rings is 3. The van der Waals surface area contributed by atoms with Crippen LogP contribution in [0.1, 0.15) is 22.8 Å². The van der Waals surface area contributed by atoms with Crippen molar-refractivity contribution in [3.63, 3.8) is 0 Å². The van der Waals surface area contributed by atoms with Crippen molar-refractivity contribution >= 4 is 34.1 Å². The zero-order valence-corrected chi connectivity index (χ0v) is 15.8. The number of Topliss-reactive ketones (excluding diaryl/α,β-unsaturated/α-hetero) is 1. The van der Waals surface area contributed by atoms with Crippen LogP contribution in [0.4, 0.5) is 0 Å². The first-order valence-electron chi connectivity index (χ1n) is 8.71. The third-order valence-corrected chi connectivity index (χ3v) is 4.58. The maximum absolute atomic E-state index is 12.4. The van der Waals surface area contributed by atoms with Gasteiger partial charge in [0.05, 0.1) is 0 Å². The molecule has 3 rings (SSSR count). The lowest BCUT2D eigenvalue weighted by Gasteiger charge is -2.10. The number of carbonyl (C=O) groups excluding carboxylic acids is 2. The summed E-state index contributed by atoms with van der Waals surface area (Å²) in [5.41, 5.74) is 1.65. The molecule has 1 N–H and O–H groups in total. The lowest BCUT2D eigenvalue weighted by Crippen LogP contribution is -2.22. The molecule has 0 aliphatic carbocycles. The highest BCUT2D eigenvalue weighted by Gasteiger charge is 2.10. The van der Waals surface area contributed by atoms with Crippen molar-refractivity contribution in [2.24, 2.45) is 0 Å². The summed E-state index contributed by atoms with van der Waals surface area (Å²) in [5, 5.41) is 5.18. The Balaban J connectivity index is 1.63. The summed E-state index contributed by atoms with van der Waals surface area (Å²) in [5.74, 6) is 0.492. The molecule has 0 bridgehead atoms. The number of ether oxygens (including phenoxy) is 1. The van der Waals surface area contributed by atoms with Gasteiger partial charge >= 0.3 is 0 Å². The molecule has 3 aromatic carbocycles. The first kappa shape index (κ1) is 18.9. The van der Waals surface area contributed by atoms with Crippen LogP contribution in [0.25, 0.3) is 10.8 Å². The van der Waals surface area contributed by atoms with Crippen molar-refractivity contribution in [1.29, 1.82) is 0 Å². The highest BCUT2D eigenvalue weighted by Crippen LogP contribution is 2.31. The molecule has 1 amide bonds. The van der Waals surface area contributed by atoms with Gasteiger partial charge in [0.1, 0.15) is 5.75 Å². The summed E-state index contributed by atoms with van der Waals surface area (Å²) in [6, 6.07) is 18.6. The van der Waals surface area contributed by atoms with Gasteiger partial charge in [-0.2, -0.15) is 0 Å². The lowest BCUT2D eigenvalue weighted by molar-refractivity contribution is -0.118. The summed E-state index contributed by atoms with van der Waals surface area (Å²) in [7, 11) is 0. The monoisotopic (exact) mass is 381 g/mol. The molecule has 138 valence electrons. The minimum absolute atomic E-state index is 0.0448. The Morgan fingerprint density at radius 3 is 2.37 bits per heavy atom. The van der Waals surface area contributed by atoms with E-state index in [4.69, 9.17) is 16.3 Å². The number of hydrogen-bond acceptors (Lipinski definition) is 3. The van der Waals surface area contributed by atoms with Gasteiger partial charge in [-0.05, 0) is 24.1 Å². The minimum Gasteiger partial charge on any atom is -0.485 e. The number of hydrogen-bond donors (Lipinski definition) is 1. The molecule has 0 radical (unpaired) electrons. The Labute approximate surface area is 163 Å². The fraction of sp³-hybridized carbons (Fsp3) is 0.182. The van der Waals surface area contributed by atoms with Crippen LogP contribution >= 0.6 is 11.6 Å². The summed E-state index contributed by atoms with van der Waals surface area (Å²) >= 11 is 6.21. The molecule has 0 aromatic heterocycles. The number of carbonyl (C=O) groups is 2. The van der Waals surface area contributed by atoms with Crippen molar-refractivity contribution in [3.05, 3.63) is 76.8 Å². The maximum atomic E-state index is 12.4. The Bertz CT molecular complexity index is 967. The first-order valence-corrected chi connectivity index (χ1v) is 9.09. The molecule has 0 heterocycles. The van der Waals surface area contributed by atoms with E-state index in [0.29, 0.717) is 22.9 Å². The average Bonchev–Trinajstić information content (AvgIpc) is 2.68. The molecular weight excluding hydrogens is 362 g/mol. The summed E-state index contributed by atoms with van der Waals surface area (Å²) in [6.07, 6.45) is 0.724. The second-order valence-corrected chi connectivity index (χ2v) is 6.64. The third kappa shape index (κ3) is 4.86. The van der Waals surface area contributed by atoms with E-state index < -0.39 is 0 Å². The maximum Gasteiger partial charge on any atom is 0.216 e. The quantitative estimate of drug-likeness (QED) is 0.616.